The molecule has 3 atom stereocenters. The summed E-state index contributed by atoms with van der Waals surface area (Å²) in [6.45, 7) is 0.709. The van der Waals surface area contributed by atoms with E-state index in [0.717, 1.165) is 0 Å². The van der Waals surface area contributed by atoms with E-state index in [2.05, 4.69) is 16.1 Å². The van der Waals surface area contributed by atoms with Gasteiger partial charge in [0.2, 0.25) is 10.0 Å². The highest BCUT2D eigenvalue weighted by Gasteiger charge is 2.44. The number of hydrogen-bond donors (Lipinski definition) is 3. The standard InChI is InChI=1S/C27H35N3O7S/c1-35-22-12-14-24(15-13-22)38(33,34)30-27(19-21-9-5-4-6-10-21,25(31)11-7-2-3-8-17-28)29-26(32)37-23-16-18-36-20-23/h4-6,9-10,12-15,23,25,30-31H,2-3,7-8,11,16,18-20H2,1H3,(H,29,32)/t23-,25+,27-/m0/s1. The molecule has 38 heavy (non-hydrogen) atoms. The van der Waals surface area contributed by atoms with Crippen LogP contribution in [-0.2, 0) is 25.9 Å². The summed E-state index contributed by atoms with van der Waals surface area (Å²) in [6.07, 6.45) is 0.256. The Balaban J connectivity index is 1.95. The highest BCUT2D eigenvalue weighted by molar-refractivity contribution is 7.89. The molecule has 0 bridgehead atoms. The molecule has 2 aromatic rings. The number of carbonyl (C=O) groups excluding carboxylic acids is 1. The number of alkyl carbamates (subject to hydrolysis) is 1. The van der Waals surface area contributed by atoms with Crippen LogP contribution in [0.15, 0.2) is 59.5 Å². The number of methoxy groups -OCH3 is 1. The van der Waals surface area contributed by atoms with E-state index in [4.69, 9.17) is 19.5 Å². The van der Waals surface area contributed by atoms with Gasteiger partial charge in [-0.2, -0.15) is 9.98 Å². The van der Waals surface area contributed by atoms with E-state index < -0.39 is 34.0 Å². The third-order valence-electron chi connectivity index (χ3n) is 6.33. The van der Waals surface area contributed by atoms with E-state index in [9.17, 15) is 18.3 Å². The van der Waals surface area contributed by atoms with Crippen molar-refractivity contribution in [2.45, 2.75) is 67.7 Å². The minimum absolute atomic E-state index is 0.0428. The summed E-state index contributed by atoms with van der Waals surface area (Å²) in [5, 5.41) is 22.9. The Labute approximate surface area is 224 Å². The molecule has 3 rings (SSSR count). The topological polar surface area (TPSA) is 147 Å². The van der Waals surface area contributed by atoms with Crippen molar-refractivity contribution in [2.24, 2.45) is 0 Å². The zero-order chi connectivity index (χ0) is 27.4. The molecule has 0 unspecified atom stereocenters. The second kappa shape index (κ2) is 14.1. The van der Waals surface area contributed by atoms with Crippen LogP contribution in [0.1, 0.15) is 44.1 Å². The summed E-state index contributed by atoms with van der Waals surface area (Å²) >= 11 is 0. The maximum atomic E-state index is 13.6. The molecule has 1 aliphatic rings. The lowest BCUT2D eigenvalue weighted by molar-refractivity contribution is 0.0264. The van der Waals surface area contributed by atoms with Gasteiger partial charge in [-0.1, -0.05) is 43.2 Å². The number of hydrogen-bond acceptors (Lipinski definition) is 8. The van der Waals surface area contributed by atoms with Gasteiger partial charge >= 0.3 is 6.09 Å². The SMILES string of the molecule is COc1ccc(S(=O)(=O)N[C@](Cc2ccccc2)(NC(=O)O[C@H]2CCOC2)[C@H](O)CCCCCC#N)cc1. The summed E-state index contributed by atoms with van der Waals surface area (Å²) < 4.78 is 45.6. The van der Waals surface area contributed by atoms with E-state index in [0.29, 0.717) is 50.0 Å². The molecule has 2 aromatic carbocycles. The second-order valence-electron chi connectivity index (χ2n) is 9.20. The van der Waals surface area contributed by atoms with E-state index >= 15 is 0 Å². The van der Waals surface area contributed by atoms with Gasteiger partial charge in [0.05, 0.1) is 37.4 Å². The van der Waals surface area contributed by atoms with Gasteiger partial charge < -0.3 is 19.3 Å². The van der Waals surface area contributed by atoms with Crippen LogP contribution in [0.4, 0.5) is 4.79 Å². The molecular formula is C27H35N3O7S. The highest BCUT2D eigenvalue weighted by atomic mass is 32.2. The first-order valence-corrected chi connectivity index (χ1v) is 14.1. The highest BCUT2D eigenvalue weighted by Crippen LogP contribution is 2.25. The third-order valence-corrected chi connectivity index (χ3v) is 7.86. The van der Waals surface area contributed by atoms with Crippen molar-refractivity contribution in [3.8, 4) is 11.8 Å². The number of nitrogens with one attached hydrogen (secondary N) is 2. The molecule has 1 heterocycles. The molecule has 10 nitrogen and oxygen atoms in total. The molecule has 1 fully saturated rings. The number of carbonyl (C=O) groups is 1. The first-order chi connectivity index (χ1) is 18.3. The van der Waals surface area contributed by atoms with Gasteiger partial charge in [-0.15, -0.1) is 0 Å². The molecule has 1 amide bonds. The first kappa shape index (κ1) is 29.4. The van der Waals surface area contributed by atoms with Gasteiger partial charge in [-0.05, 0) is 42.7 Å². The van der Waals surface area contributed by atoms with Gasteiger partial charge in [-0.3, -0.25) is 5.32 Å². The van der Waals surface area contributed by atoms with Crippen molar-refractivity contribution in [1.82, 2.24) is 10.0 Å². The molecule has 206 valence electrons. The van der Waals surface area contributed by atoms with Crippen LogP contribution >= 0.6 is 0 Å². The molecule has 0 spiro atoms. The smallest absolute Gasteiger partial charge is 0.409 e. The fraction of sp³-hybridized carbons (Fsp3) is 0.481. The van der Waals surface area contributed by atoms with Crippen LogP contribution in [0, 0.1) is 11.3 Å². The number of ether oxygens (including phenoxy) is 3. The minimum atomic E-state index is -4.22. The predicted octanol–water partition coefficient (Wildman–Crippen LogP) is 3.26. The molecule has 3 N–H and O–H groups in total. The molecule has 1 saturated heterocycles. The van der Waals surface area contributed by atoms with E-state index in [1.807, 2.05) is 6.07 Å². The van der Waals surface area contributed by atoms with E-state index in [1.165, 1.54) is 31.4 Å². The van der Waals surface area contributed by atoms with Crippen LogP contribution in [0.3, 0.4) is 0 Å². The Morgan fingerprint density at radius 2 is 1.92 bits per heavy atom. The summed E-state index contributed by atoms with van der Waals surface area (Å²) in [5.41, 5.74) is -1.13. The van der Waals surface area contributed by atoms with Crippen molar-refractivity contribution < 1.29 is 32.5 Å². The van der Waals surface area contributed by atoms with Crippen molar-refractivity contribution in [3.63, 3.8) is 0 Å². The van der Waals surface area contributed by atoms with Gasteiger partial charge in [0.1, 0.15) is 17.5 Å². The number of benzene rings is 2. The second-order valence-corrected chi connectivity index (χ2v) is 10.9. The maximum absolute atomic E-state index is 13.6. The maximum Gasteiger partial charge on any atom is 0.409 e. The van der Waals surface area contributed by atoms with Crippen LogP contribution in [-0.4, -0.2) is 57.8 Å². The Kier molecular flexibility index (Phi) is 10.9. The number of unbranched alkanes of at least 4 members (excludes halogenated alkanes) is 3. The molecule has 11 heteroatoms. The Morgan fingerprint density at radius 1 is 1.18 bits per heavy atom. The van der Waals surface area contributed by atoms with E-state index in [-0.39, 0.29) is 24.3 Å². The summed E-state index contributed by atoms with van der Waals surface area (Å²) in [4.78, 5) is 13.0. The average Bonchev–Trinajstić information content (AvgIpc) is 3.41. The predicted molar refractivity (Wildman–Crippen MR) is 140 cm³/mol. The van der Waals surface area contributed by atoms with Crippen LogP contribution in [0.5, 0.6) is 5.75 Å². The van der Waals surface area contributed by atoms with Crippen molar-refractivity contribution in [3.05, 3.63) is 60.2 Å². The largest absolute Gasteiger partial charge is 0.497 e. The molecular weight excluding hydrogens is 510 g/mol. The van der Waals surface area contributed by atoms with Crippen LogP contribution < -0.4 is 14.8 Å². The number of nitriles is 1. The lowest BCUT2D eigenvalue weighted by Crippen LogP contribution is -2.68. The number of aliphatic hydroxyl groups is 1. The number of aliphatic hydroxyl groups excluding tert-OH is 1. The monoisotopic (exact) mass is 545 g/mol. The number of amides is 1. The summed E-state index contributed by atoms with van der Waals surface area (Å²) in [5.74, 6) is 0.484. The van der Waals surface area contributed by atoms with Crippen molar-refractivity contribution in [2.75, 3.05) is 20.3 Å². The minimum Gasteiger partial charge on any atom is -0.497 e. The fourth-order valence-corrected chi connectivity index (χ4v) is 5.63. The Hall–Kier alpha value is -3.17. The van der Waals surface area contributed by atoms with Gasteiger partial charge in [-0.25, -0.2) is 13.2 Å². The van der Waals surface area contributed by atoms with Crippen LogP contribution in [0.2, 0.25) is 0 Å². The Bertz CT molecular complexity index is 1160. The van der Waals surface area contributed by atoms with Crippen molar-refractivity contribution >= 4 is 16.1 Å². The van der Waals surface area contributed by atoms with Crippen molar-refractivity contribution in [1.29, 1.82) is 5.26 Å². The molecule has 0 radical (unpaired) electrons. The zero-order valence-corrected chi connectivity index (χ0v) is 22.3. The third kappa shape index (κ3) is 8.43. The zero-order valence-electron chi connectivity index (χ0n) is 21.5. The fourth-order valence-electron chi connectivity index (χ4n) is 4.28. The van der Waals surface area contributed by atoms with Crippen LogP contribution in [0.25, 0.3) is 0 Å². The van der Waals surface area contributed by atoms with E-state index in [1.54, 1.807) is 24.3 Å². The van der Waals surface area contributed by atoms with Gasteiger partial charge in [0.15, 0.2) is 0 Å². The van der Waals surface area contributed by atoms with Gasteiger partial charge in [0, 0.05) is 19.3 Å². The normalized spacial score (nSPS) is 17.7. The summed E-state index contributed by atoms with van der Waals surface area (Å²) in [7, 11) is -2.75. The lowest BCUT2D eigenvalue weighted by atomic mass is 9.91. The summed E-state index contributed by atoms with van der Waals surface area (Å²) in [6, 6.07) is 16.9. The molecule has 1 aliphatic heterocycles. The molecule has 0 aromatic heterocycles. The van der Waals surface area contributed by atoms with Gasteiger partial charge in [0.25, 0.3) is 0 Å². The molecule has 0 saturated carbocycles. The number of nitrogens with zero attached hydrogens (tertiary/aromatic N) is 1. The lowest BCUT2D eigenvalue weighted by Gasteiger charge is -2.39. The Morgan fingerprint density at radius 3 is 2.55 bits per heavy atom. The first-order valence-electron chi connectivity index (χ1n) is 12.6. The number of sulfonamides is 1. The number of rotatable bonds is 14. The quantitative estimate of drug-likeness (QED) is 0.242. The average molecular weight is 546 g/mol. The molecule has 0 aliphatic carbocycles.